The predicted molar refractivity (Wildman–Crippen MR) is 167 cm³/mol. The van der Waals surface area contributed by atoms with Gasteiger partial charge in [0.2, 0.25) is 15.9 Å². The van der Waals surface area contributed by atoms with Gasteiger partial charge in [-0.05, 0) is 73.2 Å². The molecule has 2 N–H and O–H groups in total. The zero-order valence-corrected chi connectivity index (χ0v) is 26.6. The Morgan fingerprint density at radius 1 is 0.976 bits per heavy atom. The van der Waals surface area contributed by atoms with Gasteiger partial charge in [-0.3, -0.25) is 14.2 Å². The molecule has 220 valence electrons. The van der Waals surface area contributed by atoms with Crippen LogP contribution in [0.1, 0.15) is 35.6 Å². The van der Waals surface area contributed by atoms with E-state index in [2.05, 4.69) is 36.8 Å². The number of nitrogens with one attached hydrogen (secondary N) is 2. The number of benzene rings is 3. The SMILES string of the molecule is CCN(CC)S(=O)(=O)c1ccc(C(=O)NCc2nnc(SCC(=O)Nc3cccc(C)c3)n2-c2ccc(Br)cc2)cc1. The number of anilines is 1. The predicted octanol–water partition coefficient (Wildman–Crippen LogP) is 5.03. The van der Waals surface area contributed by atoms with Crippen molar-refractivity contribution in [2.75, 3.05) is 24.2 Å². The standard InChI is InChI=1S/C29H31BrN6O4S2/c1-4-35(5-2)42(39,40)25-15-9-21(10-16-25)28(38)31-18-26-33-34-29(36(26)24-13-11-22(30)12-14-24)41-19-27(37)32-23-8-6-7-20(3)17-23/h6-17H,4-5,18-19H2,1-3H3,(H,31,38)(H,32,37). The van der Waals surface area contributed by atoms with Crippen molar-refractivity contribution in [1.82, 2.24) is 24.4 Å². The maximum absolute atomic E-state index is 12.9. The Hall–Kier alpha value is -3.52. The monoisotopic (exact) mass is 670 g/mol. The lowest BCUT2D eigenvalue weighted by atomic mass is 10.2. The van der Waals surface area contributed by atoms with Crippen molar-refractivity contribution < 1.29 is 18.0 Å². The third-order valence-electron chi connectivity index (χ3n) is 6.29. The fourth-order valence-corrected chi connectivity index (χ4v) is 6.65. The van der Waals surface area contributed by atoms with Gasteiger partial charge >= 0.3 is 0 Å². The number of hydrogen-bond donors (Lipinski definition) is 2. The van der Waals surface area contributed by atoms with E-state index in [9.17, 15) is 18.0 Å². The van der Waals surface area contributed by atoms with Gasteiger partial charge in [0.1, 0.15) is 0 Å². The molecule has 4 aromatic rings. The number of aryl methyl sites for hydroxylation is 1. The summed E-state index contributed by atoms with van der Waals surface area (Å²) >= 11 is 4.68. The second-order valence-electron chi connectivity index (χ2n) is 9.21. The number of carbonyl (C=O) groups is 2. The largest absolute Gasteiger partial charge is 0.345 e. The van der Waals surface area contributed by atoms with Crippen LogP contribution in [0.3, 0.4) is 0 Å². The molecule has 1 heterocycles. The molecule has 0 radical (unpaired) electrons. The summed E-state index contributed by atoms with van der Waals surface area (Å²) in [5, 5.41) is 14.8. The van der Waals surface area contributed by atoms with Crippen molar-refractivity contribution in [3.63, 3.8) is 0 Å². The number of halogens is 1. The summed E-state index contributed by atoms with van der Waals surface area (Å²) in [6.45, 7) is 6.28. The van der Waals surface area contributed by atoms with E-state index in [4.69, 9.17) is 0 Å². The van der Waals surface area contributed by atoms with Gasteiger partial charge in [-0.25, -0.2) is 8.42 Å². The maximum Gasteiger partial charge on any atom is 0.251 e. The Morgan fingerprint density at radius 3 is 2.31 bits per heavy atom. The van der Waals surface area contributed by atoms with Crippen molar-refractivity contribution in [2.45, 2.75) is 37.4 Å². The first-order valence-corrected chi connectivity index (χ1v) is 16.4. The number of hydrogen-bond acceptors (Lipinski definition) is 7. The van der Waals surface area contributed by atoms with Crippen LogP contribution in [0, 0.1) is 6.92 Å². The van der Waals surface area contributed by atoms with E-state index in [0.717, 1.165) is 21.4 Å². The molecule has 0 aliphatic carbocycles. The summed E-state index contributed by atoms with van der Waals surface area (Å²) < 4.78 is 29.6. The normalized spacial score (nSPS) is 11.5. The number of thioether (sulfide) groups is 1. The number of aromatic nitrogens is 3. The summed E-state index contributed by atoms with van der Waals surface area (Å²) in [5.41, 5.74) is 2.84. The third-order valence-corrected chi connectivity index (χ3v) is 9.81. The van der Waals surface area contributed by atoms with Crippen molar-refractivity contribution >= 4 is 55.2 Å². The van der Waals surface area contributed by atoms with Crippen LogP contribution >= 0.6 is 27.7 Å². The molecule has 0 fully saturated rings. The third kappa shape index (κ3) is 7.65. The lowest BCUT2D eigenvalue weighted by molar-refractivity contribution is -0.113. The second kappa shape index (κ2) is 14.1. The molecule has 4 rings (SSSR count). The maximum atomic E-state index is 12.9. The second-order valence-corrected chi connectivity index (χ2v) is 13.0. The van der Waals surface area contributed by atoms with E-state index < -0.39 is 10.0 Å². The fraction of sp³-hybridized carbons (Fsp3) is 0.241. The summed E-state index contributed by atoms with van der Waals surface area (Å²) in [7, 11) is -3.62. The van der Waals surface area contributed by atoms with Crippen LogP contribution in [0.2, 0.25) is 0 Å². The summed E-state index contributed by atoms with van der Waals surface area (Å²) in [6.07, 6.45) is 0. The molecular formula is C29H31BrN6O4S2. The molecule has 13 heteroatoms. The van der Waals surface area contributed by atoms with Gasteiger partial charge in [-0.15, -0.1) is 10.2 Å². The highest BCUT2D eigenvalue weighted by Crippen LogP contribution is 2.24. The molecule has 0 saturated heterocycles. The minimum atomic E-state index is -3.62. The number of nitrogens with zero attached hydrogens (tertiary/aromatic N) is 4. The van der Waals surface area contributed by atoms with Gasteiger partial charge < -0.3 is 10.6 Å². The molecule has 2 amide bonds. The highest BCUT2D eigenvalue weighted by atomic mass is 79.9. The van der Waals surface area contributed by atoms with Crippen LogP contribution < -0.4 is 10.6 Å². The number of amides is 2. The zero-order chi connectivity index (χ0) is 30.3. The van der Waals surface area contributed by atoms with Gasteiger partial charge in [-0.2, -0.15) is 4.31 Å². The average molecular weight is 672 g/mol. The number of rotatable bonds is 12. The Morgan fingerprint density at radius 2 is 1.67 bits per heavy atom. The van der Waals surface area contributed by atoms with E-state index >= 15 is 0 Å². The number of carbonyl (C=O) groups excluding carboxylic acids is 2. The molecule has 0 aliphatic heterocycles. The minimum absolute atomic E-state index is 0.0530. The smallest absolute Gasteiger partial charge is 0.251 e. The van der Waals surface area contributed by atoms with Gasteiger partial charge in [0.15, 0.2) is 11.0 Å². The summed E-state index contributed by atoms with van der Waals surface area (Å²) in [4.78, 5) is 25.7. The van der Waals surface area contributed by atoms with E-state index in [1.54, 1.807) is 18.4 Å². The Labute approximate surface area is 258 Å². The average Bonchev–Trinajstić information content (AvgIpc) is 3.38. The molecule has 0 saturated carbocycles. The Bertz CT molecular complexity index is 1650. The van der Waals surface area contributed by atoms with Gasteiger partial charge in [0.05, 0.1) is 17.2 Å². The zero-order valence-electron chi connectivity index (χ0n) is 23.4. The van der Waals surface area contributed by atoms with Gasteiger partial charge in [-0.1, -0.05) is 53.7 Å². The quantitative estimate of drug-likeness (QED) is 0.203. The van der Waals surface area contributed by atoms with Crippen molar-refractivity contribution in [3.8, 4) is 5.69 Å². The van der Waals surface area contributed by atoms with Crippen molar-refractivity contribution in [3.05, 3.63) is 94.2 Å². The Balaban J connectivity index is 1.48. The van der Waals surface area contributed by atoms with E-state index in [-0.39, 0.29) is 29.0 Å². The molecule has 0 aliphatic rings. The van der Waals surface area contributed by atoms with E-state index in [1.807, 2.05) is 55.5 Å². The van der Waals surface area contributed by atoms with Crippen LogP contribution in [0.15, 0.2) is 87.3 Å². The molecule has 3 aromatic carbocycles. The molecule has 0 bridgehead atoms. The highest BCUT2D eigenvalue weighted by Gasteiger charge is 2.22. The molecule has 0 atom stereocenters. The van der Waals surface area contributed by atoms with Crippen LogP contribution in [-0.2, 0) is 21.4 Å². The first-order chi connectivity index (χ1) is 20.1. The molecule has 42 heavy (non-hydrogen) atoms. The molecule has 0 unspecified atom stereocenters. The van der Waals surface area contributed by atoms with Gasteiger partial charge in [0, 0.05) is 34.5 Å². The van der Waals surface area contributed by atoms with Crippen LogP contribution in [0.25, 0.3) is 5.69 Å². The molecule has 10 nitrogen and oxygen atoms in total. The first-order valence-electron chi connectivity index (χ1n) is 13.2. The molecular weight excluding hydrogens is 640 g/mol. The Kier molecular flexibility index (Phi) is 10.5. The van der Waals surface area contributed by atoms with Gasteiger partial charge in [0.25, 0.3) is 5.91 Å². The van der Waals surface area contributed by atoms with Crippen LogP contribution in [0.4, 0.5) is 5.69 Å². The molecule has 0 spiro atoms. The minimum Gasteiger partial charge on any atom is -0.345 e. The fourth-order valence-electron chi connectivity index (χ4n) is 4.16. The summed E-state index contributed by atoms with van der Waals surface area (Å²) in [6, 6.07) is 20.9. The van der Waals surface area contributed by atoms with Crippen LogP contribution in [-0.4, -0.2) is 58.1 Å². The van der Waals surface area contributed by atoms with Crippen molar-refractivity contribution in [2.24, 2.45) is 0 Å². The number of sulfonamides is 1. The van der Waals surface area contributed by atoms with E-state index in [0.29, 0.717) is 29.6 Å². The highest BCUT2D eigenvalue weighted by molar-refractivity contribution is 9.10. The molecule has 1 aromatic heterocycles. The summed E-state index contributed by atoms with van der Waals surface area (Å²) in [5.74, 6) is 0.00156. The topological polar surface area (TPSA) is 126 Å². The lowest BCUT2D eigenvalue weighted by Crippen LogP contribution is -2.30. The van der Waals surface area contributed by atoms with Crippen LogP contribution in [0.5, 0.6) is 0 Å². The van der Waals surface area contributed by atoms with Crippen molar-refractivity contribution in [1.29, 1.82) is 0 Å². The lowest BCUT2D eigenvalue weighted by Gasteiger charge is -2.18. The van der Waals surface area contributed by atoms with E-state index in [1.165, 1.54) is 40.3 Å². The first kappa shape index (κ1) is 31.4.